The molecule has 0 amide bonds. The maximum Gasteiger partial charge on any atom is 0.349 e. The van der Waals surface area contributed by atoms with Crippen LogP contribution in [0.15, 0.2) is 10.3 Å². The van der Waals surface area contributed by atoms with Crippen LogP contribution in [-0.4, -0.2) is 21.0 Å². The smallest absolute Gasteiger partial charge is 0.349 e. The summed E-state index contributed by atoms with van der Waals surface area (Å²) in [6.07, 6.45) is 0.647. The highest BCUT2D eigenvalue weighted by atomic mass is 35.7. The van der Waals surface area contributed by atoms with E-state index in [9.17, 15) is 13.2 Å². The second kappa shape index (κ2) is 5.35. The predicted molar refractivity (Wildman–Crippen MR) is 62.9 cm³/mol. The van der Waals surface area contributed by atoms with Gasteiger partial charge in [0.25, 0.3) is 9.05 Å². The Kier molecular flexibility index (Phi) is 4.61. The highest BCUT2D eigenvalue weighted by Crippen LogP contribution is 2.34. The second-order valence-electron chi connectivity index (χ2n) is 2.82. The molecule has 0 fully saturated rings. The quantitative estimate of drug-likeness (QED) is 0.634. The summed E-state index contributed by atoms with van der Waals surface area (Å²) in [6.45, 7) is 2.05. The van der Waals surface area contributed by atoms with E-state index >= 15 is 0 Å². The second-order valence-corrected chi connectivity index (χ2v) is 6.61. The van der Waals surface area contributed by atoms with Gasteiger partial charge in [0.05, 0.1) is 11.6 Å². The van der Waals surface area contributed by atoms with Crippen LogP contribution < -0.4 is 0 Å². The summed E-state index contributed by atoms with van der Waals surface area (Å²) >= 11 is 6.54. The standard InChI is InChI=1S/C8H8Cl2O4S2/c1-2-3-14-8(11)6-7(16(10,12)13)5(9)4-15-6/h4H,2-3H2,1H3. The molecule has 0 atom stereocenters. The molecular formula is C8H8Cl2O4S2. The Morgan fingerprint density at radius 1 is 1.56 bits per heavy atom. The van der Waals surface area contributed by atoms with E-state index in [0.29, 0.717) is 6.42 Å². The number of halogens is 2. The van der Waals surface area contributed by atoms with Gasteiger partial charge < -0.3 is 4.74 Å². The van der Waals surface area contributed by atoms with Crippen LogP contribution in [0.25, 0.3) is 0 Å². The number of rotatable bonds is 4. The summed E-state index contributed by atoms with van der Waals surface area (Å²) in [6, 6.07) is 0. The molecule has 0 radical (unpaired) electrons. The van der Waals surface area contributed by atoms with Gasteiger partial charge in [0, 0.05) is 16.1 Å². The molecule has 0 unspecified atom stereocenters. The molecule has 16 heavy (non-hydrogen) atoms. The van der Waals surface area contributed by atoms with Crippen LogP contribution in [0.1, 0.15) is 23.0 Å². The largest absolute Gasteiger partial charge is 0.461 e. The molecule has 1 heterocycles. The van der Waals surface area contributed by atoms with Gasteiger partial charge in [-0.2, -0.15) is 0 Å². The van der Waals surface area contributed by atoms with Crippen LogP contribution in [0.5, 0.6) is 0 Å². The molecule has 0 aromatic carbocycles. The molecule has 1 rings (SSSR count). The maximum atomic E-state index is 11.5. The zero-order valence-electron chi connectivity index (χ0n) is 8.20. The zero-order valence-corrected chi connectivity index (χ0v) is 11.3. The molecular weight excluding hydrogens is 295 g/mol. The topological polar surface area (TPSA) is 60.4 Å². The van der Waals surface area contributed by atoms with E-state index in [0.717, 1.165) is 11.3 Å². The van der Waals surface area contributed by atoms with Crippen molar-refractivity contribution in [3.05, 3.63) is 15.3 Å². The summed E-state index contributed by atoms with van der Waals surface area (Å²) in [5, 5.41) is 1.27. The summed E-state index contributed by atoms with van der Waals surface area (Å²) < 4.78 is 27.2. The number of hydrogen-bond donors (Lipinski definition) is 0. The van der Waals surface area contributed by atoms with E-state index in [-0.39, 0.29) is 21.4 Å². The molecule has 0 spiro atoms. The third-order valence-electron chi connectivity index (χ3n) is 1.57. The summed E-state index contributed by atoms with van der Waals surface area (Å²) in [5.41, 5.74) is 0. The number of hydrogen-bond acceptors (Lipinski definition) is 5. The Hall–Kier alpha value is -0.300. The van der Waals surface area contributed by atoms with Crippen molar-refractivity contribution < 1.29 is 17.9 Å². The molecule has 4 nitrogen and oxygen atoms in total. The first kappa shape index (κ1) is 13.8. The lowest BCUT2D eigenvalue weighted by molar-refractivity contribution is 0.0507. The number of esters is 1. The molecule has 0 N–H and O–H groups in total. The van der Waals surface area contributed by atoms with Crippen molar-refractivity contribution in [2.75, 3.05) is 6.61 Å². The minimum Gasteiger partial charge on any atom is -0.461 e. The third kappa shape index (κ3) is 3.10. The highest BCUT2D eigenvalue weighted by molar-refractivity contribution is 8.14. The molecule has 1 aromatic rings. The zero-order chi connectivity index (χ0) is 12.3. The van der Waals surface area contributed by atoms with E-state index in [1.807, 2.05) is 6.92 Å². The Bertz CT molecular complexity index is 492. The van der Waals surface area contributed by atoms with E-state index < -0.39 is 15.0 Å². The number of ether oxygens (including phenoxy) is 1. The van der Waals surface area contributed by atoms with Gasteiger partial charge in [0.1, 0.15) is 9.77 Å². The summed E-state index contributed by atoms with van der Waals surface area (Å²) in [7, 11) is 1.13. The lowest BCUT2D eigenvalue weighted by atomic mass is 10.4. The summed E-state index contributed by atoms with van der Waals surface area (Å²) in [5.74, 6) is -0.724. The predicted octanol–water partition coefficient (Wildman–Crippen LogP) is 2.90. The van der Waals surface area contributed by atoms with Gasteiger partial charge in [-0.3, -0.25) is 0 Å². The molecule has 1 aromatic heterocycles. The number of thiophene rings is 1. The minimum atomic E-state index is -4.04. The minimum absolute atomic E-state index is 0.0663. The third-order valence-corrected chi connectivity index (χ3v) is 4.57. The van der Waals surface area contributed by atoms with Crippen molar-refractivity contribution in [2.45, 2.75) is 18.2 Å². The number of carbonyl (C=O) groups is 1. The van der Waals surface area contributed by atoms with Crippen molar-refractivity contribution >= 4 is 48.6 Å². The van der Waals surface area contributed by atoms with Crippen molar-refractivity contribution in [3.63, 3.8) is 0 Å². The van der Waals surface area contributed by atoms with Gasteiger partial charge in [-0.25, -0.2) is 13.2 Å². The van der Waals surface area contributed by atoms with Crippen LogP contribution in [0.2, 0.25) is 5.02 Å². The van der Waals surface area contributed by atoms with Crippen molar-refractivity contribution in [2.24, 2.45) is 0 Å². The van der Waals surface area contributed by atoms with Gasteiger partial charge in [-0.15, -0.1) is 11.3 Å². The molecule has 0 aliphatic carbocycles. The van der Waals surface area contributed by atoms with Crippen LogP contribution in [0.4, 0.5) is 0 Å². The first-order valence-electron chi connectivity index (χ1n) is 4.26. The van der Waals surface area contributed by atoms with E-state index in [1.54, 1.807) is 0 Å². The van der Waals surface area contributed by atoms with Crippen LogP contribution in [0.3, 0.4) is 0 Å². The Morgan fingerprint density at radius 3 is 2.69 bits per heavy atom. The number of carbonyl (C=O) groups excluding carboxylic acids is 1. The van der Waals surface area contributed by atoms with Crippen molar-refractivity contribution in [1.82, 2.24) is 0 Å². The molecule has 0 aliphatic heterocycles. The van der Waals surface area contributed by atoms with Gasteiger partial charge in [0.2, 0.25) is 0 Å². The van der Waals surface area contributed by atoms with Crippen LogP contribution in [-0.2, 0) is 13.8 Å². The fourth-order valence-corrected chi connectivity index (χ4v) is 4.14. The first-order chi connectivity index (χ1) is 7.38. The normalized spacial score (nSPS) is 11.4. The SMILES string of the molecule is CCCOC(=O)c1scc(Cl)c1S(=O)(=O)Cl. The molecule has 0 saturated carbocycles. The van der Waals surface area contributed by atoms with E-state index in [2.05, 4.69) is 0 Å². The van der Waals surface area contributed by atoms with Gasteiger partial charge >= 0.3 is 5.97 Å². The van der Waals surface area contributed by atoms with Crippen LogP contribution in [0, 0.1) is 0 Å². The molecule has 0 saturated heterocycles. The van der Waals surface area contributed by atoms with Crippen molar-refractivity contribution in [1.29, 1.82) is 0 Å². The highest BCUT2D eigenvalue weighted by Gasteiger charge is 2.27. The Balaban J connectivity index is 3.11. The fraction of sp³-hybridized carbons (Fsp3) is 0.375. The molecule has 0 aliphatic rings. The molecule has 8 heteroatoms. The van der Waals surface area contributed by atoms with Crippen LogP contribution >= 0.6 is 33.6 Å². The monoisotopic (exact) mass is 302 g/mol. The first-order valence-corrected chi connectivity index (χ1v) is 7.83. The van der Waals surface area contributed by atoms with Gasteiger partial charge in [0.15, 0.2) is 0 Å². The van der Waals surface area contributed by atoms with E-state index in [1.165, 1.54) is 5.38 Å². The molecule has 0 bridgehead atoms. The lowest BCUT2D eigenvalue weighted by Gasteiger charge is -2.02. The van der Waals surface area contributed by atoms with Crippen molar-refractivity contribution in [3.8, 4) is 0 Å². The van der Waals surface area contributed by atoms with E-state index in [4.69, 9.17) is 27.0 Å². The average molecular weight is 303 g/mol. The Labute approximate surface area is 107 Å². The Morgan fingerprint density at radius 2 is 2.19 bits per heavy atom. The van der Waals surface area contributed by atoms with Gasteiger partial charge in [-0.05, 0) is 6.42 Å². The van der Waals surface area contributed by atoms with Gasteiger partial charge in [-0.1, -0.05) is 18.5 Å². The fourth-order valence-electron chi connectivity index (χ4n) is 0.954. The average Bonchev–Trinajstić information content (AvgIpc) is 2.56. The lowest BCUT2D eigenvalue weighted by Crippen LogP contribution is -2.07. The maximum absolute atomic E-state index is 11.5. The summed E-state index contributed by atoms with van der Waals surface area (Å²) in [4.78, 5) is 11.0. The molecule has 90 valence electrons.